The Hall–Kier alpha value is -3.06. The van der Waals surface area contributed by atoms with Crippen LogP contribution in [0.2, 0.25) is 0 Å². The first-order chi connectivity index (χ1) is 14.1. The first kappa shape index (κ1) is 19.3. The SMILES string of the molecule is C#Cc1ccc(C(=O)NCC[C@H]2CCCN2C(=O)C2Cc3ccccc32)cc1C. The van der Waals surface area contributed by atoms with Crippen molar-refractivity contribution in [3.05, 3.63) is 70.3 Å². The van der Waals surface area contributed by atoms with E-state index in [0.717, 1.165) is 43.4 Å². The molecule has 4 nitrogen and oxygen atoms in total. The summed E-state index contributed by atoms with van der Waals surface area (Å²) >= 11 is 0. The molecule has 1 fully saturated rings. The highest BCUT2D eigenvalue weighted by Gasteiger charge is 2.38. The van der Waals surface area contributed by atoms with Crippen molar-refractivity contribution >= 4 is 11.8 Å². The average Bonchev–Trinajstić information content (AvgIpc) is 3.17. The molecule has 1 unspecified atom stereocenters. The van der Waals surface area contributed by atoms with Gasteiger partial charge < -0.3 is 10.2 Å². The highest BCUT2D eigenvalue weighted by Crippen LogP contribution is 2.37. The molecule has 2 aromatic carbocycles. The molecule has 148 valence electrons. The van der Waals surface area contributed by atoms with Crippen molar-refractivity contribution in [3.63, 3.8) is 0 Å². The molecule has 0 bridgehead atoms. The second-order valence-corrected chi connectivity index (χ2v) is 8.00. The Balaban J connectivity index is 1.31. The van der Waals surface area contributed by atoms with Crippen LogP contribution in [0.5, 0.6) is 0 Å². The smallest absolute Gasteiger partial charge is 0.251 e. The monoisotopic (exact) mass is 386 g/mol. The van der Waals surface area contributed by atoms with Crippen molar-refractivity contribution in [1.82, 2.24) is 10.2 Å². The van der Waals surface area contributed by atoms with Crippen molar-refractivity contribution in [2.45, 2.75) is 44.6 Å². The van der Waals surface area contributed by atoms with Crippen LogP contribution in [0.3, 0.4) is 0 Å². The molecule has 1 aliphatic carbocycles. The van der Waals surface area contributed by atoms with Gasteiger partial charge in [-0.1, -0.05) is 30.2 Å². The summed E-state index contributed by atoms with van der Waals surface area (Å²) in [4.78, 5) is 27.5. The number of aryl methyl sites for hydroxylation is 1. The fourth-order valence-corrected chi connectivity index (χ4v) is 4.53. The highest BCUT2D eigenvalue weighted by atomic mass is 16.2. The number of hydrogen-bond donors (Lipinski definition) is 1. The molecule has 1 heterocycles. The van der Waals surface area contributed by atoms with E-state index in [4.69, 9.17) is 6.42 Å². The van der Waals surface area contributed by atoms with Gasteiger partial charge in [-0.3, -0.25) is 9.59 Å². The largest absolute Gasteiger partial charge is 0.352 e. The van der Waals surface area contributed by atoms with Crippen LogP contribution >= 0.6 is 0 Å². The molecule has 0 radical (unpaired) electrons. The average molecular weight is 386 g/mol. The van der Waals surface area contributed by atoms with E-state index in [2.05, 4.69) is 23.4 Å². The van der Waals surface area contributed by atoms with Crippen LogP contribution in [-0.2, 0) is 11.2 Å². The van der Waals surface area contributed by atoms with E-state index in [1.165, 1.54) is 11.1 Å². The van der Waals surface area contributed by atoms with Gasteiger partial charge in [0, 0.05) is 30.3 Å². The van der Waals surface area contributed by atoms with Gasteiger partial charge in [0.05, 0.1) is 5.92 Å². The zero-order valence-electron chi connectivity index (χ0n) is 16.8. The maximum Gasteiger partial charge on any atom is 0.251 e. The molecule has 1 saturated heterocycles. The van der Waals surface area contributed by atoms with E-state index in [-0.39, 0.29) is 23.8 Å². The molecular formula is C25H26N2O2. The second kappa shape index (κ2) is 8.13. The van der Waals surface area contributed by atoms with Gasteiger partial charge in [0.1, 0.15) is 0 Å². The number of nitrogens with zero attached hydrogens (tertiary/aromatic N) is 1. The third-order valence-electron chi connectivity index (χ3n) is 6.22. The number of benzene rings is 2. The van der Waals surface area contributed by atoms with Crippen molar-refractivity contribution in [2.24, 2.45) is 0 Å². The van der Waals surface area contributed by atoms with E-state index in [0.29, 0.717) is 12.1 Å². The van der Waals surface area contributed by atoms with Crippen molar-refractivity contribution in [2.75, 3.05) is 13.1 Å². The second-order valence-electron chi connectivity index (χ2n) is 8.00. The standard InChI is InChI=1S/C25H26N2O2/c1-3-18-10-11-20(15-17(18)2)24(28)26-13-12-21-8-6-14-27(21)25(29)23-16-19-7-4-5-9-22(19)23/h1,4-5,7,9-11,15,21,23H,6,8,12-14,16H2,2H3,(H,26,28)/t21-,23?/m1/s1. The predicted octanol–water partition coefficient (Wildman–Crippen LogP) is 3.43. The fraction of sp³-hybridized carbons (Fsp3) is 0.360. The summed E-state index contributed by atoms with van der Waals surface area (Å²) in [6.07, 6.45) is 9.12. The van der Waals surface area contributed by atoms with Crippen molar-refractivity contribution in [3.8, 4) is 12.3 Å². The quantitative estimate of drug-likeness (QED) is 0.801. The van der Waals surface area contributed by atoms with Crippen molar-refractivity contribution < 1.29 is 9.59 Å². The number of nitrogens with one attached hydrogen (secondary N) is 1. The van der Waals surface area contributed by atoms with Crippen molar-refractivity contribution in [1.29, 1.82) is 0 Å². The molecule has 29 heavy (non-hydrogen) atoms. The fourth-order valence-electron chi connectivity index (χ4n) is 4.53. The first-order valence-corrected chi connectivity index (χ1v) is 10.3. The van der Waals surface area contributed by atoms with Crippen LogP contribution in [0.1, 0.15) is 57.8 Å². The van der Waals surface area contributed by atoms with Gasteiger partial charge in [-0.2, -0.15) is 0 Å². The third kappa shape index (κ3) is 3.78. The Morgan fingerprint density at radius 2 is 2.07 bits per heavy atom. The van der Waals surface area contributed by atoms with Gasteiger partial charge >= 0.3 is 0 Å². The molecule has 0 spiro atoms. The highest BCUT2D eigenvalue weighted by molar-refractivity contribution is 5.94. The van der Waals surface area contributed by atoms with Crippen LogP contribution in [0.25, 0.3) is 0 Å². The summed E-state index contributed by atoms with van der Waals surface area (Å²) in [5.74, 6) is 2.78. The van der Waals surface area contributed by atoms with E-state index >= 15 is 0 Å². The summed E-state index contributed by atoms with van der Waals surface area (Å²) in [6.45, 7) is 3.29. The Kier molecular flexibility index (Phi) is 5.40. The minimum Gasteiger partial charge on any atom is -0.352 e. The molecule has 0 saturated carbocycles. The van der Waals surface area contributed by atoms with Crippen LogP contribution in [0.15, 0.2) is 42.5 Å². The first-order valence-electron chi connectivity index (χ1n) is 10.3. The van der Waals surface area contributed by atoms with E-state index in [1.807, 2.05) is 30.0 Å². The molecule has 4 heteroatoms. The molecule has 2 aliphatic rings. The summed E-state index contributed by atoms with van der Waals surface area (Å²) in [6, 6.07) is 13.8. The molecule has 2 aromatic rings. The number of rotatable bonds is 5. The number of hydrogen-bond acceptors (Lipinski definition) is 2. The van der Waals surface area contributed by atoms with Gasteiger partial charge in [0.2, 0.25) is 5.91 Å². The zero-order valence-corrected chi connectivity index (χ0v) is 16.8. The Morgan fingerprint density at radius 3 is 2.83 bits per heavy atom. The van der Waals surface area contributed by atoms with Crippen LogP contribution in [0, 0.1) is 19.3 Å². The summed E-state index contributed by atoms with van der Waals surface area (Å²) in [5, 5.41) is 2.99. The van der Waals surface area contributed by atoms with E-state index < -0.39 is 0 Å². The summed E-state index contributed by atoms with van der Waals surface area (Å²) in [5.41, 5.74) is 4.82. The number of likely N-dealkylation sites (tertiary alicyclic amines) is 1. The van der Waals surface area contributed by atoms with Gasteiger partial charge in [-0.05, 0) is 67.5 Å². The molecule has 4 rings (SSSR count). The number of amides is 2. The number of terminal acetylenes is 1. The molecular weight excluding hydrogens is 360 g/mol. The normalized spacial score (nSPS) is 19.8. The Bertz CT molecular complexity index is 989. The molecule has 0 aromatic heterocycles. The molecule has 2 amide bonds. The molecule has 1 aliphatic heterocycles. The zero-order chi connectivity index (χ0) is 20.4. The maximum absolute atomic E-state index is 13.0. The summed E-state index contributed by atoms with van der Waals surface area (Å²) < 4.78 is 0. The maximum atomic E-state index is 13.0. The van der Waals surface area contributed by atoms with Crippen LogP contribution in [0.4, 0.5) is 0 Å². The lowest BCUT2D eigenvalue weighted by atomic mass is 9.76. The Morgan fingerprint density at radius 1 is 1.24 bits per heavy atom. The third-order valence-corrected chi connectivity index (χ3v) is 6.22. The minimum atomic E-state index is -0.0968. The topological polar surface area (TPSA) is 49.4 Å². The lowest BCUT2D eigenvalue weighted by Gasteiger charge is -2.35. The predicted molar refractivity (Wildman–Crippen MR) is 114 cm³/mol. The molecule has 1 N–H and O–H groups in total. The van der Waals surface area contributed by atoms with Crippen LogP contribution < -0.4 is 5.32 Å². The number of fused-ring (bicyclic) bond motifs is 1. The molecule has 2 atom stereocenters. The Labute approximate surface area is 172 Å². The van der Waals surface area contributed by atoms with E-state index in [9.17, 15) is 9.59 Å². The van der Waals surface area contributed by atoms with Gasteiger partial charge in [0.25, 0.3) is 5.91 Å². The lowest BCUT2D eigenvalue weighted by molar-refractivity contribution is -0.134. The number of carbonyl (C=O) groups is 2. The minimum absolute atomic E-state index is 0.0130. The van der Waals surface area contributed by atoms with Gasteiger partial charge in [-0.25, -0.2) is 0 Å². The van der Waals surface area contributed by atoms with Gasteiger partial charge in [0.15, 0.2) is 0 Å². The summed E-state index contributed by atoms with van der Waals surface area (Å²) in [7, 11) is 0. The van der Waals surface area contributed by atoms with E-state index in [1.54, 1.807) is 12.1 Å². The lowest BCUT2D eigenvalue weighted by Crippen LogP contribution is -2.43. The number of carbonyl (C=O) groups excluding carboxylic acids is 2. The van der Waals surface area contributed by atoms with Crippen LogP contribution in [-0.4, -0.2) is 35.8 Å². The van der Waals surface area contributed by atoms with Gasteiger partial charge in [-0.15, -0.1) is 6.42 Å².